The number of benzene rings is 2. The molecule has 1 amide bonds. The maximum absolute atomic E-state index is 12.3. The second-order valence-corrected chi connectivity index (χ2v) is 8.10. The fourth-order valence-electron chi connectivity index (χ4n) is 3.58. The van der Waals surface area contributed by atoms with Gasteiger partial charge in [0.25, 0.3) is 0 Å². The van der Waals surface area contributed by atoms with Crippen LogP contribution in [-0.4, -0.2) is 58.0 Å². The molecule has 4 rings (SSSR count). The first-order valence-electron chi connectivity index (χ1n) is 9.49. The van der Waals surface area contributed by atoms with E-state index in [9.17, 15) is 4.79 Å². The summed E-state index contributed by atoms with van der Waals surface area (Å²) in [4.78, 5) is 21.7. The highest BCUT2D eigenvalue weighted by atomic mass is 79.9. The summed E-state index contributed by atoms with van der Waals surface area (Å²) in [5.41, 5.74) is 3.04. The van der Waals surface area contributed by atoms with Crippen molar-refractivity contribution in [3.63, 3.8) is 0 Å². The SMILES string of the molecule is Cn1c(CN2CCN(CC(=O)Nc3ccc(Br)cc3)CC2)nc2ccccc21. The van der Waals surface area contributed by atoms with Gasteiger partial charge in [-0.25, -0.2) is 4.98 Å². The van der Waals surface area contributed by atoms with Crippen molar-refractivity contribution in [2.24, 2.45) is 7.05 Å². The van der Waals surface area contributed by atoms with Crippen LogP contribution < -0.4 is 5.32 Å². The van der Waals surface area contributed by atoms with Crippen molar-refractivity contribution in [3.8, 4) is 0 Å². The zero-order chi connectivity index (χ0) is 19.5. The van der Waals surface area contributed by atoms with Crippen LogP contribution in [0.1, 0.15) is 5.82 Å². The molecule has 2 aromatic carbocycles. The Labute approximate surface area is 173 Å². The first-order valence-corrected chi connectivity index (χ1v) is 10.3. The number of piperazine rings is 1. The zero-order valence-corrected chi connectivity index (χ0v) is 17.5. The Balaban J connectivity index is 1.27. The average Bonchev–Trinajstić information content (AvgIpc) is 3.01. The van der Waals surface area contributed by atoms with Crippen LogP contribution in [-0.2, 0) is 18.4 Å². The van der Waals surface area contributed by atoms with Crippen LogP contribution in [0.4, 0.5) is 5.69 Å². The molecule has 1 aromatic heterocycles. The third-order valence-electron chi connectivity index (χ3n) is 5.20. The Morgan fingerprint density at radius 3 is 2.43 bits per heavy atom. The number of para-hydroxylation sites is 2. The maximum Gasteiger partial charge on any atom is 0.238 e. The third kappa shape index (κ3) is 4.43. The van der Waals surface area contributed by atoms with Crippen molar-refractivity contribution in [2.75, 3.05) is 38.0 Å². The Hall–Kier alpha value is -2.22. The molecule has 0 bridgehead atoms. The van der Waals surface area contributed by atoms with E-state index in [0.29, 0.717) is 6.54 Å². The van der Waals surface area contributed by atoms with E-state index in [1.165, 1.54) is 5.52 Å². The number of carbonyl (C=O) groups is 1. The number of amides is 1. The minimum Gasteiger partial charge on any atom is -0.330 e. The van der Waals surface area contributed by atoms with Crippen molar-refractivity contribution in [3.05, 3.63) is 58.8 Å². The molecule has 1 aliphatic heterocycles. The summed E-state index contributed by atoms with van der Waals surface area (Å²) < 4.78 is 3.18. The number of aromatic nitrogens is 2. The van der Waals surface area contributed by atoms with E-state index in [4.69, 9.17) is 4.98 Å². The minimum atomic E-state index is 0.0334. The number of aryl methyl sites for hydroxylation is 1. The van der Waals surface area contributed by atoms with Gasteiger partial charge in [0.2, 0.25) is 5.91 Å². The topological polar surface area (TPSA) is 53.4 Å². The molecule has 7 heteroatoms. The second-order valence-electron chi connectivity index (χ2n) is 7.18. The Morgan fingerprint density at radius 1 is 1.04 bits per heavy atom. The smallest absolute Gasteiger partial charge is 0.238 e. The van der Waals surface area contributed by atoms with E-state index in [1.54, 1.807) is 0 Å². The molecule has 0 saturated carbocycles. The summed E-state index contributed by atoms with van der Waals surface area (Å²) in [6, 6.07) is 15.9. The van der Waals surface area contributed by atoms with Crippen LogP contribution in [0.2, 0.25) is 0 Å². The molecule has 6 nitrogen and oxygen atoms in total. The minimum absolute atomic E-state index is 0.0334. The van der Waals surface area contributed by atoms with Crippen LogP contribution in [0.3, 0.4) is 0 Å². The Bertz CT molecular complexity index is 961. The van der Waals surface area contributed by atoms with Gasteiger partial charge in [0.1, 0.15) is 5.82 Å². The van der Waals surface area contributed by atoms with Gasteiger partial charge in [0, 0.05) is 43.4 Å². The van der Waals surface area contributed by atoms with Crippen LogP contribution in [0, 0.1) is 0 Å². The molecular formula is C21H24BrN5O. The van der Waals surface area contributed by atoms with Gasteiger partial charge in [0.15, 0.2) is 0 Å². The fraction of sp³-hybridized carbons (Fsp3) is 0.333. The van der Waals surface area contributed by atoms with Crippen LogP contribution in [0.15, 0.2) is 53.0 Å². The molecule has 146 valence electrons. The fourth-order valence-corrected chi connectivity index (χ4v) is 3.84. The number of hydrogen-bond acceptors (Lipinski definition) is 4. The number of anilines is 1. The summed E-state index contributed by atoms with van der Waals surface area (Å²) in [6.45, 7) is 4.92. The van der Waals surface area contributed by atoms with Gasteiger partial charge in [-0.3, -0.25) is 14.6 Å². The summed E-state index contributed by atoms with van der Waals surface area (Å²) in [5, 5.41) is 2.96. The summed E-state index contributed by atoms with van der Waals surface area (Å²) in [6.07, 6.45) is 0. The van der Waals surface area contributed by atoms with Crippen LogP contribution >= 0.6 is 15.9 Å². The van der Waals surface area contributed by atoms with Crippen molar-refractivity contribution >= 4 is 38.6 Å². The highest BCUT2D eigenvalue weighted by Gasteiger charge is 2.20. The number of nitrogens with zero attached hydrogens (tertiary/aromatic N) is 4. The standard InChI is InChI=1S/C21H24BrN5O/c1-25-19-5-3-2-4-18(19)24-20(25)14-26-10-12-27(13-11-26)15-21(28)23-17-8-6-16(22)7-9-17/h2-9H,10-15H2,1H3,(H,23,28). The molecule has 1 N–H and O–H groups in total. The zero-order valence-electron chi connectivity index (χ0n) is 15.9. The van der Waals surface area contributed by atoms with Gasteiger partial charge in [-0.15, -0.1) is 0 Å². The molecule has 0 atom stereocenters. The van der Waals surface area contributed by atoms with Gasteiger partial charge >= 0.3 is 0 Å². The highest BCUT2D eigenvalue weighted by molar-refractivity contribution is 9.10. The lowest BCUT2D eigenvalue weighted by molar-refractivity contribution is -0.117. The molecule has 28 heavy (non-hydrogen) atoms. The molecule has 2 heterocycles. The molecule has 0 unspecified atom stereocenters. The van der Waals surface area contributed by atoms with Crippen molar-refractivity contribution in [1.82, 2.24) is 19.4 Å². The van der Waals surface area contributed by atoms with Gasteiger partial charge in [-0.1, -0.05) is 28.1 Å². The number of halogens is 1. The highest BCUT2D eigenvalue weighted by Crippen LogP contribution is 2.17. The maximum atomic E-state index is 12.3. The normalized spacial score (nSPS) is 15.8. The Morgan fingerprint density at radius 2 is 1.71 bits per heavy atom. The van der Waals surface area contributed by atoms with Gasteiger partial charge in [0.05, 0.1) is 24.1 Å². The van der Waals surface area contributed by atoms with E-state index >= 15 is 0 Å². The van der Waals surface area contributed by atoms with E-state index in [0.717, 1.165) is 54.2 Å². The van der Waals surface area contributed by atoms with E-state index in [-0.39, 0.29) is 5.91 Å². The molecule has 3 aromatic rings. The lowest BCUT2D eigenvalue weighted by Gasteiger charge is -2.34. The summed E-state index contributed by atoms with van der Waals surface area (Å²) >= 11 is 3.40. The summed E-state index contributed by atoms with van der Waals surface area (Å²) in [7, 11) is 2.08. The van der Waals surface area contributed by atoms with E-state index < -0.39 is 0 Å². The number of carbonyl (C=O) groups excluding carboxylic acids is 1. The lowest BCUT2D eigenvalue weighted by atomic mass is 10.3. The third-order valence-corrected chi connectivity index (χ3v) is 5.73. The number of rotatable bonds is 5. The lowest BCUT2D eigenvalue weighted by Crippen LogP contribution is -2.48. The molecule has 1 fully saturated rings. The number of imidazole rings is 1. The van der Waals surface area contributed by atoms with Gasteiger partial charge in [-0.05, 0) is 36.4 Å². The van der Waals surface area contributed by atoms with E-state index in [1.807, 2.05) is 36.4 Å². The number of nitrogens with one attached hydrogen (secondary N) is 1. The molecular weight excluding hydrogens is 418 g/mol. The first kappa shape index (κ1) is 19.1. The van der Waals surface area contributed by atoms with Gasteiger partial charge < -0.3 is 9.88 Å². The monoisotopic (exact) mass is 441 g/mol. The van der Waals surface area contributed by atoms with Crippen LogP contribution in [0.5, 0.6) is 0 Å². The van der Waals surface area contributed by atoms with Gasteiger partial charge in [-0.2, -0.15) is 0 Å². The quantitative estimate of drug-likeness (QED) is 0.660. The molecule has 0 radical (unpaired) electrons. The second kappa shape index (κ2) is 8.43. The molecule has 0 spiro atoms. The number of fused-ring (bicyclic) bond motifs is 1. The van der Waals surface area contributed by atoms with Crippen molar-refractivity contribution in [1.29, 1.82) is 0 Å². The van der Waals surface area contributed by atoms with E-state index in [2.05, 4.69) is 54.8 Å². The molecule has 1 aliphatic rings. The first-order chi connectivity index (χ1) is 13.6. The predicted octanol–water partition coefficient (Wildman–Crippen LogP) is 3.09. The van der Waals surface area contributed by atoms with Crippen molar-refractivity contribution < 1.29 is 4.79 Å². The largest absolute Gasteiger partial charge is 0.330 e. The predicted molar refractivity (Wildman–Crippen MR) is 115 cm³/mol. The van der Waals surface area contributed by atoms with Crippen LogP contribution in [0.25, 0.3) is 11.0 Å². The summed E-state index contributed by atoms with van der Waals surface area (Å²) in [5.74, 6) is 1.12. The molecule has 1 saturated heterocycles. The average molecular weight is 442 g/mol. The van der Waals surface area contributed by atoms with Crippen molar-refractivity contribution in [2.45, 2.75) is 6.54 Å². The molecule has 0 aliphatic carbocycles. The Kier molecular flexibility index (Phi) is 5.75. The number of hydrogen-bond donors (Lipinski definition) is 1.